The molecular weight excluding hydrogens is 136 g/mol. The normalized spacial score (nSPS) is 12.2. The highest BCUT2D eigenvalue weighted by molar-refractivity contribution is 5.87. The lowest BCUT2D eigenvalue weighted by Gasteiger charge is -1.75. The Hall–Kier alpha value is -1.11. The zero-order chi connectivity index (χ0) is 8.53. The Bertz CT molecular complexity index is 185. The van der Waals surface area contributed by atoms with E-state index in [1.54, 1.807) is 6.08 Å². The molecule has 0 spiro atoms. The lowest BCUT2D eigenvalue weighted by atomic mass is 10.3. The highest BCUT2D eigenvalue weighted by Crippen LogP contribution is 1.83. The fraction of sp³-hybridized carbons (Fsp3) is 0.300. The number of carbonyl (C=O) groups is 1. The summed E-state index contributed by atoms with van der Waals surface area (Å²) in [5, 5.41) is 0. The van der Waals surface area contributed by atoms with Crippen molar-refractivity contribution < 1.29 is 4.79 Å². The van der Waals surface area contributed by atoms with Crippen molar-refractivity contribution in [1.82, 2.24) is 0 Å². The molecule has 0 unspecified atom stereocenters. The average molecular weight is 150 g/mol. The molecule has 0 rings (SSSR count). The van der Waals surface area contributed by atoms with Crippen LogP contribution in [0.25, 0.3) is 0 Å². The van der Waals surface area contributed by atoms with E-state index < -0.39 is 0 Å². The van der Waals surface area contributed by atoms with Crippen molar-refractivity contribution in [2.45, 2.75) is 20.3 Å². The molecule has 0 fully saturated rings. The lowest BCUT2D eigenvalue weighted by Crippen LogP contribution is -1.77. The zero-order valence-electron chi connectivity index (χ0n) is 7.08. The van der Waals surface area contributed by atoms with Crippen LogP contribution >= 0.6 is 0 Å². The van der Waals surface area contributed by atoms with E-state index in [1.807, 2.05) is 18.2 Å². The molecule has 0 aliphatic rings. The predicted molar refractivity (Wildman–Crippen MR) is 48.4 cm³/mol. The average Bonchev–Trinajstić information content (AvgIpc) is 1.96. The highest BCUT2D eigenvalue weighted by atomic mass is 16.1. The number of ketones is 1. The molecule has 0 heterocycles. The Morgan fingerprint density at radius 3 is 2.36 bits per heavy atom. The van der Waals surface area contributed by atoms with Gasteiger partial charge in [-0.05, 0) is 19.4 Å². The first kappa shape index (κ1) is 9.89. The summed E-state index contributed by atoms with van der Waals surface area (Å²) in [6.45, 7) is 3.61. The van der Waals surface area contributed by atoms with Crippen molar-refractivity contribution in [1.29, 1.82) is 0 Å². The van der Waals surface area contributed by atoms with E-state index in [0.29, 0.717) is 0 Å². The first-order valence-electron chi connectivity index (χ1n) is 3.77. The third-order valence-electron chi connectivity index (χ3n) is 1.04. The zero-order valence-corrected chi connectivity index (χ0v) is 7.08. The molecule has 0 aromatic carbocycles. The summed E-state index contributed by atoms with van der Waals surface area (Å²) in [4.78, 5) is 10.4. The minimum atomic E-state index is 0.0779. The van der Waals surface area contributed by atoms with Gasteiger partial charge < -0.3 is 0 Å². The van der Waals surface area contributed by atoms with Gasteiger partial charge in [0, 0.05) is 0 Å². The maximum atomic E-state index is 10.4. The van der Waals surface area contributed by atoms with Gasteiger partial charge in [-0.1, -0.05) is 37.3 Å². The largest absolute Gasteiger partial charge is 0.295 e. The van der Waals surface area contributed by atoms with Crippen molar-refractivity contribution >= 4 is 5.78 Å². The van der Waals surface area contributed by atoms with Crippen LogP contribution in [0.2, 0.25) is 0 Å². The molecule has 0 atom stereocenters. The van der Waals surface area contributed by atoms with E-state index in [4.69, 9.17) is 0 Å². The van der Waals surface area contributed by atoms with Gasteiger partial charge in [-0.2, -0.15) is 0 Å². The quantitative estimate of drug-likeness (QED) is 0.445. The van der Waals surface area contributed by atoms with Crippen LogP contribution in [0.15, 0.2) is 36.5 Å². The van der Waals surface area contributed by atoms with Gasteiger partial charge in [0.05, 0.1) is 0 Å². The molecule has 1 nitrogen and oxygen atoms in total. The molecule has 0 aromatic heterocycles. The first-order valence-corrected chi connectivity index (χ1v) is 3.77. The molecule has 1 heteroatoms. The first-order chi connectivity index (χ1) is 5.27. The molecular formula is C10H14O. The summed E-state index contributed by atoms with van der Waals surface area (Å²) in [7, 11) is 0. The molecule has 0 N–H and O–H groups in total. The number of hydrogen-bond donors (Lipinski definition) is 0. The third kappa shape index (κ3) is 8.89. The monoisotopic (exact) mass is 150 g/mol. The van der Waals surface area contributed by atoms with Crippen molar-refractivity contribution in [3.8, 4) is 0 Å². The molecule has 0 aromatic rings. The second kappa shape index (κ2) is 7.00. The van der Waals surface area contributed by atoms with Crippen LogP contribution < -0.4 is 0 Å². The molecule has 0 amide bonds. The van der Waals surface area contributed by atoms with E-state index >= 15 is 0 Å². The molecule has 60 valence electrons. The third-order valence-corrected chi connectivity index (χ3v) is 1.04. The van der Waals surface area contributed by atoms with Crippen LogP contribution in [0.5, 0.6) is 0 Å². The van der Waals surface area contributed by atoms with Gasteiger partial charge in [0.2, 0.25) is 0 Å². The minimum absolute atomic E-state index is 0.0779. The summed E-state index contributed by atoms with van der Waals surface area (Å²) < 4.78 is 0. The second-order valence-corrected chi connectivity index (χ2v) is 2.19. The van der Waals surface area contributed by atoms with Gasteiger partial charge in [-0.15, -0.1) is 0 Å². The van der Waals surface area contributed by atoms with Gasteiger partial charge >= 0.3 is 0 Å². The van der Waals surface area contributed by atoms with Crippen molar-refractivity contribution in [3.05, 3.63) is 36.5 Å². The Morgan fingerprint density at radius 1 is 1.18 bits per heavy atom. The fourth-order valence-corrected chi connectivity index (χ4v) is 0.534. The van der Waals surface area contributed by atoms with E-state index in [0.717, 1.165) is 6.42 Å². The SMILES string of the molecule is CC/C=C/C=C/C=C/C(C)=O. The summed E-state index contributed by atoms with van der Waals surface area (Å²) in [6.07, 6.45) is 12.1. The van der Waals surface area contributed by atoms with Crippen molar-refractivity contribution in [2.24, 2.45) is 0 Å². The highest BCUT2D eigenvalue weighted by Gasteiger charge is 1.75. The van der Waals surface area contributed by atoms with Crippen LogP contribution in [0.4, 0.5) is 0 Å². The molecule has 0 bridgehead atoms. The Kier molecular flexibility index (Phi) is 6.30. The molecule has 0 saturated carbocycles. The topological polar surface area (TPSA) is 17.1 Å². The van der Waals surface area contributed by atoms with Crippen LogP contribution in [0, 0.1) is 0 Å². The Labute approximate surface area is 68.1 Å². The van der Waals surface area contributed by atoms with Crippen molar-refractivity contribution in [3.63, 3.8) is 0 Å². The maximum Gasteiger partial charge on any atom is 0.152 e. The van der Waals surface area contributed by atoms with Gasteiger partial charge in [0.1, 0.15) is 0 Å². The summed E-state index contributed by atoms with van der Waals surface area (Å²) in [5.74, 6) is 0.0779. The standard InChI is InChI=1S/C10H14O/c1-3-4-5-6-7-8-9-10(2)11/h4-9H,3H2,1-2H3/b5-4+,7-6+,9-8+. The minimum Gasteiger partial charge on any atom is -0.295 e. The smallest absolute Gasteiger partial charge is 0.152 e. The van der Waals surface area contributed by atoms with E-state index in [1.165, 1.54) is 13.0 Å². The second-order valence-electron chi connectivity index (χ2n) is 2.19. The number of carbonyl (C=O) groups excluding carboxylic acids is 1. The molecule has 0 radical (unpaired) electrons. The van der Waals surface area contributed by atoms with Gasteiger partial charge in [-0.3, -0.25) is 4.79 Å². The van der Waals surface area contributed by atoms with Crippen LogP contribution in [-0.4, -0.2) is 5.78 Å². The molecule has 0 aliphatic heterocycles. The summed E-state index contributed by atoms with van der Waals surface area (Å²) in [5.41, 5.74) is 0. The number of hydrogen-bond acceptors (Lipinski definition) is 1. The van der Waals surface area contributed by atoms with E-state index in [9.17, 15) is 4.79 Å². The lowest BCUT2D eigenvalue weighted by molar-refractivity contribution is -0.112. The molecule has 0 saturated heterocycles. The van der Waals surface area contributed by atoms with Crippen LogP contribution in [0.1, 0.15) is 20.3 Å². The van der Waals surface area contributed by atoms with Crippen molar-refractivity contribution in [2.75, 3.05) is 0 Å². The van der Waals surface area contributed by atoms with Gasteiger partial charge in [0.25, 0.3) is 0 Å². The molecule has 11 heavy (non-hydrogen) atoms. The predicted octanol–water partition coefficient (Wildman–Crippen LogP) is 2.65. The fourth-order valence-electron chi connectivity index (χ4n) is 0.534. The van der Waals surface area contributed by atoms with Gasteiger partial charge in [0.15, 0.2) is 5.78 Å². The number of allylic oxidation sites excluding steroid dienone is 6. The molecule has 0 aliphatic carbocycles. The summed E-state index contributed by atoms with van der Waals surface area (Å²) >= 11 is 0. The van der Waals surface area contributed by atoms with E-state index in [2.05, 4.69) is 13.0 Å². The van der Waals surface area contributed by atoms with Gasteiger partial charge in [-0.25, -0.2) is 0 Å². The van der Waals surface area contributed by atoms with Crippen LogP contribution in [0.3, 0.4) is 0 Å². The Morgan fingerprint density at radius 2 is 1.82 bits per heavy atom. The summed E-state index contributed by atoms with van der Waals surface area (Å²) in [6, 6.07) is 0. The van der Waals surface area contributed by atoms with E-state index in [-0.39, 0.29) is 5.78 Å². The number of rotatable bonds is 4. The van der Waals surface area contributed by atoms with Crippen LogP contribution in [-0.2, 0) is 4.79 Å². The Balaban J connectivity index is 3.60. The maximum absolute atomic E-state index is 10.4.